The van der Waals surface area contributed by atoms with Gasteiger partial charge in [-0.15, -0.1) is 0 Å². The molecular formula is C11H13Cl3O2. The molecule has 0 amide bonds. The summed E-state index contributed by atoms with van der Waals surface area (Å²) in [5, 5.41) is 1.32. The summed E-state index contributed by atoms with van der Waals surface area (Å²) in [4.78, 5) is 0. The highest BCUT2D eigenvalue weighted by Gasteiger charge is 2.17. The second-order valence-electron chi connectivity index (χ2n) is 3.03. The van der Waals surface area contributed by atoms with E-state index in [1.807, 2.05) is 13.8 Å². The molecule has 0 heterocycles. The van der Waals surface area contributed by atoms with Crippen LogP contribution in [0.15, 0.2) is 12.1 Å². The van der Waals surface area contributed by atoms with E-state index >= 15 is 0 Å². The predicted molar refractivity (Wildman–Crippen MR) is 67.5 cm³/mol. The van der Waals surface area contributed by atoms with Gasteiger partial charge >= 0.3 is 0 Å². The van der Waals surface area contributed by atoms with Gasteiger partial charge in [-0.05, 0) is 26.0 Å². The predicted octanol–water partition coefficient (Wildman–Crippen LogP) is 4.72. The molecule has 0 aliphatic rings. The van der Waals surface area contributed by atoms with Gasteiger partial charge in [-0.3, -0.25) is 0 Å². The summed E-state index contributed by atoms with van der Waals surface area (Å²) in [5.74, 6) is 0. The summed E-state index contributed by atoms with van der Waals surface area (Å²) in [6.07, 6.45) is -0.529. The van der Waals surface area contributed by atoms with Crippen LogP contribution in [0.2, 0.25) is 15.1 Å². The third kappa shape index (κ3) is 3.51. The van der Waals surface area contributed by atoms with Gasteiger partial charge in [-0.1, -0.05) is 34.8 Å². The van der Waals surface area contributed by atoms with Gasteiger partial charge < -0.3 is 9.47 Å². The zero-order valence-corrected chi connectivity index (χ0v) is 11.4. The van der Waals surface area contributed by atoms with Crippen LogP contribution in [-0.4, -0.2) is 13.2 Å². The minimum absolute atomic E-state index is 0.397. The van der Waals surface area contributed by atoms with Gasteiger partial charge in [-0.2, -0.15) is 0 Å². The Hall–Kier alpha value is 0.01000. The molecule has 1 aromatic carbocycles. The van der Waals surface area contributed by atoms with Crippen molar-refractivity contribution >= 4 is 34.8 Å². The monoisotopic (exact) mass is 282 g/mol. The molecule has 0 aliphatic heterocycles. The van der Waals surface area contributed by atoms with Crippen molar-refractivity contribution in [3.8, 4) is 0 Å². The Kier molecular flexibility index (Phi) is 5.87. The van der Waals surface area contributed by atoms with Crippen LogP contribution < -0.4 is 0 Å². The molecule has 0 radical (unpaired) electrons. The SMILES string of the molecule is CCOC(OCC)c1cc(Cl)cc(Cl)c1Cl. The van der Waals surface area contributed by atoms with E-state index < -0.39 is 6.29 Å². The molecule has 2 nitrogen and oxygen atoms in total. The lowest BCUT2D eigenvalue weighted by atomic mass is 10.2. The van der Waals surface area contributed by atoms with Crippen molar-refractivity contribution in [2.24, 2.45) is 0 Å². The van der Waals surface area contributed by atoms with Crippen molar-refractivity contribution in [2.45, 2.75) is 20.1 Å². The first-order valence-corrected chi connectivity index (χ1v) is 6.11. The first-order valence-electron chi connectivity index (χ1n) is 4.97. The third-order valence-corrected chi connectivity index (χ3v) is 2.95. The Morgan fingerprint density at radius 2 is 1.62 bits per heavy atom. The van der Waals surface area contributed by atoms with Crippen LogP contribution in [0.4, 0.5) is 0 Å². The average molecular weight is 284 g/mol. The number of hydrogen-bond acceptors (Lipinski definition) is 2. The minimum Gasteiger partial charge on any atom is -0.349 e. The molecule has 5 heteroatoms. The second-order valence-corrected chi connectivity index (χ2v) is 4.26. The molecule has 0 aliphatic carbocycles. The fraction of sp³-hybridized carbons (Fsp3) is 0.455. The zero-order chi connectivity index (χ0) is 12.1. The van der Waals surface area contributed by atoms with Crippen LogP contribution in [0, 0.1) is 0 Å². The molecule has 90 valence electrons. The smallest absolute Gasteiger partial charge is 0.185 e. The molecule has 0 spiro atoms. The van der Waals surface area contributed by atoms with E-state index in [1.54, 1.807) is 12.1 Å². The van der Waals surface area contributed by atoms with E-state index in [2.05, 4.69) is 0 Å². The lowest BCUT2D eigenvalue weighted by Gasteiger charge is -2.19. The fourth-order valence-corrected chi connectivity index (χ4v) is 1.99. The Bertz CT molecular complexity index is 349. The van der Waals surface area contributed by atoms with Crippen molar-refractivity contribution in [1.29, 1.82) is 0 Å². The van der Waals surface area contributed by atoms with Crippen molar-refractivity contribution in [3.05, 3.63) is 32.8 Å². The minimum atomic E-state index is -0.529. The Labute approximate surface area is 110 Å². The van der Waals surface area contributed by atoms with Crippen LogP contribution in [-0.2, 0) is 9.47 Å². The van der Waals surface area contributed by atoms with Crippen molar-refractivity contribution < 1.29 is 9.47 Å². The fourth-order valence-electron chi connectivity index (χ4n) is 1.28. The van der Waals surface area contributed by atoms with Gasteiger partial charge in [0.1, 0.15) is 0 Å². The third-order valence-electron chi connectivity index (χ3n) is 1.91. The molecule has 1 aromatic rings. The highest BCUT2D eigenvalue weighted by atomic mass is 35.5. The van der Waals surface area contributed by atoms with Gasteiger partial charge in [0.2, 0.25) is 0 Å². The average Bonchev–Trinajstić information content (AvgIpc) is 2.23. The Morgan fingerprint density at radius 3 is 2.12 bits per heavy atom. The van der Waals surface area contributed by atoms with Gasteiger partial charge in [-0.25, -0.2) is 0 Å². The number of rotatable bonds is 5. The van der Waals surface area contributed by atoms with E-state index in [1.165, 1.54) is 0 Å². The number of ether oxygens (including phenoxy) is 2. The van der Waals surface area contributed by atoms with Crippen LogP contribution in [0.5, 0.6) is 0 Å². The molecule has 0 saturated heterocycles. The van der Waals surface area contributed by atoms with Crippen LogP contribution >= 0.6 is 34.8 Å². The van der Waals surface area contributed by atoms with Gasteiger partial charge in [0.15, 0.2) is 6.29 Å². The van der Waals surface area contributed by atoms with E-state index in [-0.39, 0.29) is 0 Å². The van der Waals surface area contributed by atoms with Crippen LogP contribution in [0.1, 0.15) is 25.7 Å². The number of hydrogen-bond donors (Lipinski definition) is 0. The highest BCUT2D eigenvalue weighted by Crippen LogP contribution is 2.35. The topological polar surface area (TPSA) is 18.5 Å². The molecule has 0 fully saturated rings. The molecule has 0 aromatic heterocycles. The summed E-state index contributed by atoms with van der Waals surface area (Å²) in [5.41, 5.74) is 0.655. The normalized spacial score (nSPS) is 11.1. The lowest BCUT2D eigenvalue weighted by molar-refractivity contribution is -0.140. The molecule has 0 unspecified atom stereocenters. The second kappa shape index (κ2) is 6.67. The largest absolute Gasteiger partial charge is 0.349 e. The summed E-state index contributed by atoms with van der Waals surface area (Å²) >= 11 is 17.9. The summed E-state index contributed by atoms with van der Waals surface area (Å²) in [7, 11) is 0. The summed E-state index contributed by atoms with van der Waals surface area (Å²) in [6.45, 7) is 4.80. The maximum absolute atomic E-state index is 6.08. The van der Waals surface area contributed by atoms with Gasteiger partial charge in [0, 0.05) is 23.8 Å². The van der Waals surface area contributed by atoms with Gasteiger partial charge in [0.05, 0.1) is 10.0 Å². The Morgan fingerprint density at radius 1 is 1.06 bits per heavy atom. The number of halogens is 3. The van der Waals surface area contributed by atoms with E-state index in [0.29, 0.717) is 33.8 Å². The van der Waals surface area contributed by atoms with Crippen molar-refractivity contribution in [1.82, 2.24) is 0 Å². The first kappa shape index (κ1) is 14.1. The highest BCUT2D eigenvalue weighted by molar-refractivity contribution is 6.43. The number of benzene rings is 1. The maximum Gasteiger partial charge on any atom is 0.185 e. The van der Waals surface area contributed by atoms with Crippen molar-refractivity contribution in [3.63, 3.8) is 0 Å². The van der Waals surface area contributed by atoms with Crippen molar-refractivity contribution in [2.75, 3.05) is 13.2 Å². The molecule has 1 rings (SSSR count). The summed E-state index contributed by atoms with van der Waals surface area (Å²) < 4.78 is 10.9. The summed E-state index contributed by atoms with van der Waals surface area (Å²) in [6, 6.07) is 3.29. The van der Waals surface area contributed by atoms with E-state index in [4.69, 9.17) is 44.3 Å². The maximum atomic E-state index is 6.08. The molecule has 0 bridgehead atoms. The Balaban J connectivity index is 3.07. The zero-order valence-electron chi connectivity index (χ0n) is 9.10. The first-order chi connectivity index (χ1) is 7.60. The lowest BCUT2D eigenvalue weighted by Crippen LogP contribution is -2.09. The molecule has 0 saturated carbocycles. The molecule has 0 N–H and O–H groups in total. The quantitative estimate of drug-likeness (QED) is 0.575. The van der Waals surface area contributed by atoms with Crippen LogP contribution in [0.3, 0.4) is 0 Å². The standard InChI is InChI=1S/C11H13Cl3O2/c1-3-15-11(16-4-2)8-5-7(12)6-9(13)10(8)14/h5-6,11H,3-4H2,1-2H3. The molecular weight excluding hydrogens is 270 g/mol. The molecule has 0 atom stereocenters. The van der Waals surface area contributed by atoms with E-state index in [0.717, 1.165) is 0 Å². The van der Waals surface area contributed by atoms with Crippen LogP contribution in [0.25, 0.3) is 0 Å². The van der Waals surface area contributed by atoms with Gasteiger partial charge in [0.25, 0.3) is 0 Å². The van der Waals surface area contributed by atoms with E-state index in [9.17, 15) is 0 Å². The molecule has 16 heavy (non-hydrogen) atoms.